The number of ether oxygens (including phenoxy) is 3. The predicted octanol–water partition coefficient (Wildman–Crippen LogP) is 3.24. The molecule has 3 atom stereocenters. The van der Waals surface area contributed by atoms with E-state index in [1.165, 1.54) is 13.8 Å². The van der Waals surface area contributed by atoms with Crippen LogP contribution in [-0.2, 0) is 24.7 Å². The first-order valence-corrected chi connectivity index (χ1v) is 9.54. The van der Waals surface area contributed by atoms with Gasteiger partial charge in [-0.15, -0.1) is 0 Å². The monoisotopic (exact) mass is 384 g/mol. The van der Waals surface area contributed by atoms with Crippen molar-refractivity contribution in [1.82, 2.24) is 0 Å². The molecule has 0 amide bonds. The molecule has 1 aromatic rings. The molecule has 3 unspecified atom stereocenters. The van der Waals surface area contributed by atoms with Crippen LogP contribution in [0.2, 0.25) is 0 Å². The molecule has 6 heteroatoms. The van der Waals surface area contributed by atoms with Crippen molar-refractivity contribution in [2.45, 2.75) is 63.9 Å². The Morgan fingerprint density at radius 1 is 1.14 bits per heavy atom. The topological polar surface area (TPSA) is 82.1 Å². The number of rotatable bonds is 3. The molecule has 1 N–H and O–H groups in total. The first-order chi connectivity index (χ1) is 13.2. The molecule has 2 aliphatic carbocycles. The Kier molecular flexibility index (Phi) is 4.16. The molecular formula is C22H24O6. The van der Waals surface area contributed by atoms with E-state index in [1.54, 1.807) is 6.07 Å². The fraction of sp³-hybridized carbons (Fsp3) is 0.455. The van der Waals surface area contributed by atoms with E-state index in [-0.39, 0.29) is 5.92 Å². The van der Waals surface area contributed by atoms with Gasteiger partial charge in [0.25, 0.3) is 5.60 Å². The van der Waals surface area contributed by atoms with Gasteiger partial charge in [-0.05, 0) is 36.0 Å². The number of aliphatic hydroxyl groups excluding tert-OH is 1. The number of carbonyl (C=O) groups is 2. The van der Waals surface area contributed by atoms with Crippen molar-refractivity contribution in [3.63, 3.8) is 0 Å². The van der Waals surface area contributed by atoms with Crippen LogP contribution in [0.25, 0.3) is 0 Å². The number of aliphatic hydroxyl groups is 1. The molecule has 1 saturated carbocycles. The average Bonchev–Trinajstić information content (AvgIpc) is 2.99. The highest BCUT2D eigenvalue weighted by atomic mass is 16.8. The molecule has 6 nitrogen and oxygen atoms in total. The normalized spacial score (nSPS) is 29.9. The molecule has 1 fully saturated rings. The summed E-state index contributed by atoms with van der Waals surface area (Å²) in [4.78, 5) is 24.2. The van der Waals surface area contributed by atoms with Gasteiger partial charge in [0.15, 0.2) is 0 Å². The Labute approximate surface area is 163 Å². The fourth-order valence-corrected chi connectivity index (χ4v) is 4.53. The van der Waals surface area contributed by atoms with E-state index in [2.05, 4.69) is 13.8 Å². The summed E-state index contributed by atoms with van der Waals surface area (Å²) in [5, 5.41) is 11.3. The molecular weight excluding hydrogens is 360 g/mol. The molecule has 3 aliphatic rings. The molecule has 4 rings (SSSR count). The molecule has 1 heterocycles. The molecule has 0 aromatic heterocycles. The molecule has 0 bridgehead atoms. The predicted molar refractivity (Wildman–Crippen MR) is 101 cm³/mol. The Morgan fingerprint density at radius 2 is 1.82 bits per heavy atom. The van der Waals surface area contributed by atoms with Crippen molar-refractivity contribution in [3.8, 4) is 5.75 Å². The molecule has 1 aromatic carbocycles. The quantitative estimate of drug-likeness (QED) is 0.806. The third kappa shape index (κ3) is 2.30. The van der Waals surface area contributed by atoms with Crippen LogP contribution >= 0.6 is 0 Å². The van der Waals surface area contributed by atoms with Crippen LogP contribution in [0, 0.1) is 0 Å². The van der Waals surface area contributed by atoms with Crippen LogP contribution in [0.4, 0.5) is 0 Å². The first kappa shape index (κ1) is 18.7. The van der Waals surface area contributed by atoms with Crippen LogP contribution in [-0.4, -0.2) is 28.9 Å². The van der Waals surface area contributed by atoms with Gasteiger partial charge >= 0.3 is 17.7 Å². The minimum Gasteiger partial charge on any atom is -0.444 e. The maximum absolute atomic E-state index is 12.1. The van der Waals surface area contributed by atoms with E-state index >= 15 is 0 Å². The van der Waals surface area contributed by atoms with Crippen LogP contribution in [0.3, 0.4) is 0 Å². The summed E-state index contributed by atoms with van der Waals surface area (Å²) in [5.41, 5.74) is 0.962. The summed E-state index contributed by atoms with van der Waals surface area (Å²) >= 11 is 0. The van der Waals surface area contributed by atoms with E-state index in [9.17, 15) is 14.7 Å². The van der Waals surface area contributed by atoms with Gasteiger partial charge in [-0.1, -0.05) is 38.1 Å². The number of fused-ring (bicyclic) bond motifs is 5. The second-order valence-electron chi connectivity index (χ2n) is 7.81. The largest absolute Gasteiger partial charge is 0.444 e. The van der Waals surface area contributed by atoms with Gasteiger partial charge in [-0.2, -0.15) is 0 Å². The minimum atomic E-state index is -1.74. The lowest BCUT2D eigenvalue weighted by Crippen LogP contribution is -2.57. The molecule has 0 spiro atoms. The van der Waals surface area contributed by atoms with Crippen LogP contribution in [0.15, 0.2) is 41.5 Å². The number of allylic oxidation sites excluding steroid dienone is 2. The maximum atomic E-state index is 12.1. The Bertz CT molecular complexity index is 927. The SMILES string of the molecule is CC(=O)OC12Oc3cc(C(C)C)ccc3C1(OC(C)=O)C(O)C1=CCCC=C12. The Morgan fingerprint density at radius 3 is 2.46 bits per heavy atom. The lowest BCUT2D eigenvalue weighted by molar-refractivity contribution is -0.256. The van der Waals surface area contributed by atoms with Gasteiger partial charge in [-0.3, -0.25) is 9.59 Å². The zero-order valence-electron chi connectivity index (χ0n) is 16.4. The zero-order chi connectivity index (χ0) is 20.3. The van der Waals surface area contributed by atoms with Gasteiger partial charge in [0.2, 0.25) is 0 Å². The number of carbonyl (C=O) groups excluding carboxylic acids is 2. The lowest BCUT2D eigenvalue weighted by Gasteiger charge is -2.38. The van der Waals surface area contributed by atoms with Gasteiger partial charge in [0, 0.05) is 25.0 Å². The maximum Gasteiger partial charge on any atom is 0.328 e. The highest BCUT2D eigenvalue weighted by Crippen LogP contribution is 2.64. The van der Waals surface area contributed by atoms with Crippen molar-refractivity contribution in [2.75, 3.05) is 0 Å². The summed E-state index contributed by atoms with van der Waals surface area (Å²) in [6, 6.07) is 5.56. The number of benzene rings is 1. The van der Waals surface area contributed by atoms with Crippen molar-refractivity contribution >= 4 is 11.9 Å². The Hall–Kier alpha value is -2.60. The second-order valence-corrected chi connectivity index (χ2v) is 7.81. The molecule has 148 valence electrons. The number of esters is 2. The summed E-state index contributed by atoms with van der Waals surface area (Å²) in [6.45, 7) is 6.66. The van der Waals surface area contributed by atoms with Gasteiger partial charge < -0.3 is 19.3 Å². The van der Waals surface area contributed by atoms with Crippen molar-refractivity contribution in [3.05, 3.63) is 52.6 Å². The first-order valence-electron chi connectivity index (χ1n) is 9.54. The third-order valence-corrected chi connectivity index (χ3v) is 5.63. The van der Waals surface area contributed by atoms with Crippen molar-refractivity contribution < 1.29 is 28.9 Å². The van der Waals surface area contributed by atoms with Gasteiger partial charge in [0.05, 0.1) is 0 Å². The van der Waals surface area contributed by atoms with Crippen molar-refractivity contribution in [2.24, 2.45) is 0 Å². The molecule has 28 heavy (non-hydrogen) atoms. The minimum absolute atomic E-state index is 0.248. The highest BCUT2D eigenvalue weighted by molar-refractivity contribution is 5.74. The van der Waals surface area contributed by atoms with E-state index in [4.69, 9.17) is 14.2 Å². The average molecular weight is 384 g/mol. The zero-order valence-corrected chi connectivity index (χ0v) is 16.4. The molecule has 0 saturated heterocycles. The summed E-state index contributed by atoms with van der Waals surface area (Å²) in [6.07, 6.45) is 4.01. The fourth-order valence-electron chi connectivity index (χ4n) is 4.53. The summed E-state index contributed by atoms with van der Waals surface area (Å²) in [5.74, 6) is -2.24. The second kappa shape index (κ2) is 6.21. The smallest absolute Gasteiger partial charge is 0.328 e. The standard InChI is InChI=1S/C22H24O6/c1-12(2)15-9-10-18-19(11-15)28-22(27-14(4)24)17-8-6-5-7-16(17)20(25)21(18,22)26-13(3)23/h7-12,20,25H,5-6H2,1-4H3. The van der Waals surface area contributed by atoms with Gasteiger partial charge in [-0.25, -0.2) is 0 Å². The highest BCUT2D eigenvalue weighted by Gasteiger charge is 2.77. The van der Waals surface area contributed by atoms with Crippen LogP contribution < -0.4 is 4.74 Å². The number of hydrogen-bond donors (Lipinski definition) is 1. The van der Waals surface area contributed by atoms with E-state index in [0.29, 0.717) is 28.9 Å². The van der Waals surface area contributed by atoms with Gasteiger partial charge in [0.1, 0.15) is 11.9 Å². The van der Waals surface area contributed by atoms with E-state index in [1.807, 2.05) is 24.3 Å². The molecule has 1 aliphatic heterocycles. The van der Waals surface area contributed by atoms with Crippen LogP contribution in [0.1, 0.15) is 57.6 Å². The summed E-state index contributed by atoms with van der Waals surface area (Å²) in [7, 11) is 0. The van der Waals surface area contributed by atoms with E-state index in [0.717, 1.165) is 12.0 Å². The van der Waals surface area contributed by atoms with E-state index < -0.39 is 29.4 Å². The third-order valence-electron chi connectivity index (χ3n) is 5.63. The summed E-state index contributed by atoms with van der Waals surface area (Å²) < 4.78 is 17.8. The Balaban J connectivity index is 2.03. The molecule has 0 radical (unpaired) electrons. The van der Waals surface area contributed by atoms with Crippen LogP contribution in [0.5, 0.6) is 5.75 Å². The van der Waals surface area contributed by atoms with Crippen molar-refractivity contribution in [1.29, 1.82) is 0 Å². The lowest BCUT2D eigenvalue weighted by atomic mass is 9.85. The number of hydrogen-bond acceptors (Lipinski definition) is 6.